The van der Waals surface area contributed by atoms with Crippen LogP contribution < -0.4 is 20.1 Å². The topological polar surface area (TPSA) is 75.2 Å². The van der Waals surface area contributed by atoms with Gasteiger partial charge in [0.25, 0.3) is 5.91 Å². The zero-order valence-electron chi connectivity index (χ0n) is 19.5. The van der Waals surface area contributed by atoms with Crippen LogP contribution in [-0.2, 0) is 0 Å². The summed E-state index contributed by atoms with van der Waals surface area (Å²) in [5, 5.41) is 7.29. The van der Waals surface area contributed by atoms with E-state index in [9.17, 15) is 4.79 Å². The number of carbonyl (C=O) groups excluding carboxylic acids is 1. The van der Waals surface area contributed by atoms with Gasteiger partial charge in [-0.2, -0.15) is 0 Å². The first-order valence-corrected chi connectivity index (χ1v) is 11.0. The fourth-order valence-corrected chi connectivity index (χ4v) is 4.37. The van der Waals surface area contributed by atoms with Crippen LogP contribution in [0.4, 0.5) is 11.4 Å². The summed E-state index contributed by atoms with van der Waals surface area (Å²) in [6, 6.07) is 13.4. The van der Waals surface area contributed by atoms with Gasteiger partial charge in [-0.05, 0) is 57.9 Å². The van der Waals surface area contributed by atoms with Crippen molar-refractivity contribution in [3.8, 4) is 11.5 Å². The van der Waals surface area contributed by atoms with E-state index in [0.717, 1.165) is 30.1 Å². The molecule has 1 atom stereocenters. The molecule has 2 N–H and O–H groups in total. The normalized spacial score (nSPS) is 21.5. The molecule has 4 rings (SSSR count). The lowest BCUT2D eigenvalue weighted by Gasteiger charge is -2.48. The van der Waals surface area contributed by atoms with E-state index in [1.807, 2.05) is 23.1 Å². The van der Waals surface area contributed by atoms with Gasteiger partial charge in [0.2, 0.25) is 0 Å². The summed E-state index contributed by atoms with van der Waals surface area (Å²) in [5.74, 6) is 2.03. The molecule has 1 amide bonds. The largest absolute Gasteiger partial charge is 0.497 e. The first-order chi connectivity index (χ1) is 15.2. The van der Waals surface area contributed by atoms with Crippen molar-refractivity contribution in [2.45, 2.75) is 44.7 Å². The number of nitrogens with zero attached hydrogens (tertiary/aromatic N) is 2. The third-order valence-corrected chi connectivity index (χ3v) is 5.83. The fraction of sp³-hybridized carbons (Fsp3) is 0.440. The van der Waals surface area contributed by atoms with Crippen LogP contribution in [0.5, 0.6) is 11.5 Å². The summed E-state index contributed by atoms with van der Waals surface area (Å²) in [6.45, 7) is 7.46. The highest BCUT2D eigenvalue weighted by molar-refractivity contribution is 6.10. The maximum absolute atomic E-state index is 13.5. The minimum absolute atomic E-state index is 0.0444. The number of carbonyl (C=O) groups is 1. The minimum Gasteiger partial charge on any atom is -0.497 e. The van der Waals surface area contributed by atoms with Crippen molar-refractivity contribution in [3.63, 3.8) is 0 Å². The molecule has 2 aromatic rings. The minimum atomic E-state index is -0.474. The van der Waals surface area contributed by atoms with E-state index in [4.69, 9.17) is 14.5 Å². The standard InChI is InChI=1S/C25H32N4O3/c1-24(2,3)28-23-25(27-21-10-7-6-9-20(21)26-23)11-8-12-29(16-25)22(30)17-13-18(31-4)15-19(14-17)32-5/h6-7,9-10,13-15,27H,8,11-12,16H2,1-5H3,(H,26,28)/t25-/m1/s1. The zero-order valence-corrected chi connectivity index (χ0v) is 19.5. The van der Waals surface area contributed by atoms with Gasteiger partial charge in [0.1, 0.15) is 22.9 Å². The number of aliphatic imine (C=N–C) groups is 1. The number of benzene rings is 2. The summed E-state index contributed by atoms with van der Waals surface area (Å²) in [7, 11) is 3.17. The van der Waals surface area contributed by atoms with E-state index in [0.29, 0.717) is 30.2 Å². The highest BCUT2D eigenvalue weighted by Gasteiger charge is 2.45. The van der Waals surface area contributed by atoms with E-state index in [1.165, 1.54) is 0 Å². The molecule has 0 saturated carbocycles. The number of methoxy groups -OCH3 is 2. The summed E-state index contributed by atoms with van der Waals surface area (Å²) in [6.07, 6.45) is 1.75. The molecule has 7 heteroatoms. The van der Waals surface area contributed by atoms with Crippen LogP contribution in [0, 0.1) is 0 Å². The maximum atomic E-state index is 13.5. The first kappa shape index (κ1) is 22.0. The molecule has 0 radical (unpaired) electrons. The lowest BCUT2D eigenvalue weighted by Crippen LogP contribution is -2.63. The number of fused-ring (bicyclic) bond motifs is 1. The Bertz CT molecular complexity index is 1020. The predicted molar refractivity (Wildman–Crippen MR) is 128 cm³/mol. The number of hydrogen-bond donors (Lipinski definition) is 2. The molecule has 2 aromatic carbocycles. The molecule has 2 heterocycles. The Balaban J connectivity index is 1.69. The molecule has 1 fully saturated rings. The van der Waals surface area contributed by atoms with Crippen LogP contribution in [0.15, 0.2) is 47.5 Å². The van der Waals surface area contributed by atoms with Gasteiger partial charge in [0, 0.05) is 18.2 Å². The predicted octanol–water partition coefficient (Wildman–Crippen LogP) is 4.41. The average molecular weight is 437 g/mol. The van der Waals surface area contributed by atoms with Crippen LogP contribution in [0.25, 0.3) is 0 Å². The van der Waals surface area contributed by atoms with E-state index in [2.05, 4.69) is 37.5 Å². The quantitative estimate of drug-likeness (QED) is 0.745. The second-order valence-electron chi connectivity index (χ2n) is 9.44. The van der Waals surface area contributed by atoms with Crippen molar-refractivity contribution in [1.29, 1.82) is 0 Å². The van der Waals surface area contributed by atoms with Crippen molar-refractivity contribution in [2.24, 2.45) is 4.99 Å². The molecule has 2 aliphatic heterocycles. The van der Waals surface area contributed by atoms with E-state index < -0.39 is 5.54 Å². The molecule has 0 aliphatic carbocycles. The SMILES string of the molecule is COc1cc(OC)cc(C(=O)N2CCC[C@]3(C2)Nc2ccccc2NC3=NC(C)(C)C)c1. The van der Waals surface area contributed by atoms with Crippen molar-refractivity contribution < 1.29 is 14.3 Å². The number of amides is 1. The van der Waals surface area contributed by atoms with Gasteiger partial charge < -0.3 is 25.0 Å². The molecule has 2 aliphatic rings. The van der Waals surface area contributed by atoms with Crippen LogP contribution in [0.1, 0.15) is 44.0 Å². The van der Waals surface area contributed by atoms with Crippen molar-refractivity contribution >= 4 is 23.1 Å². The van der Waals surface area contributed by atoms with Crippen LogP contribution in [0.2, 0.25) is 0 Å². The highest BCUT2D eigenvalue weighted by atomic mass is 16.5. The molecule has 1 spiro atoms. The molecule has 0 bridgehead atoms. The van der Waals surface area contributed by atoms with E-state index in [1.54, 1.807) is 32.4 Å². The molecule has 170 valence electrons. The van der Waals surface area contributed by atoms with Gasteiger partial charge in [0.05, 0.1) is 37.7 Å². The number of para-hydroxylation sites is 2. The third-order valence-electron chi connectivity index (χ3n) is 5.83. The van der Waals surface area contributed by atoms with Crippen molar-refractivity contribution in [2.75, 3.05) is 37.9 Å². The third kappa shape index (κ3) is 4.38. The van der Waals surface area contributed by atoms with Gasteiger partial charge in [0.15, 0.2) is 0 Å². The fourth-order valence-electron chi connectivity index (χ4n) is 4.37. The van der Waals surface area contributed by atoms with Crippen molar-refractivity contribution in [1.82, 2.24) is 4.90 Å². The number of rotatable bonds is 3. The number of piperidine rings is 1. The Morgan fingerprint density at radius 2 is 1.72 bits per heavy atom. The molecule has 7 nitrogen and oxygen atoms in total. The maximum Gasteiger partial charge on any atom is 0.254 e. The Kier molecular flexibility index (Phi) is 5.75. The molecule has 0 aromatic heterocycles. The van der Waals surface area contributed by atoms with E-state index in [-0.39, 0.29) is 11.4 Å². The lowest BCUT2D eigenvalue weighted by molar-refractivity contribution is 0.0693. The Morgan fingerprint density at radius 3 is 2.34 bits per heavy atom. The van der Waals surface area contributed by atoms with E-state index >= 15 is 0 Å². The summed E-state index contributed by atoms with van der Waals surface area (Å²) in [5.41, 5.74) is 1.85. The first-order valence-electron chi connectivity index (χ1n) is 11.0. The van der Waals surface area contributed by atoms with Gasteiger partial charge in [-0.25, -0.2) is 0 Å². The number of ether oxygens (including phenoxy) is 2. The molecule has 0 unspecified atom stereocenters. The molecular weight excluding hydrogens is 404 g/mol. The van der Waals surface area contributed by atoms with Crippen LogP contribution >= 0.6 is 0 Å². The van der Waals surface area contributed by atoms with Gasteiger partial charge >= 0.3 is 0 Å². The smallest absolute Gasteiger partial charge is 0.254 e. The summed E-state index contributed by atoms with van der Waals surface area (Å²) >= 11 is 0. The second-order valence-corrected chi connectivity index (χ2v) is 9.44. The lowest BCUT2D eigenvalue weighted by atomic mass is 9.84. The molecule has 1 saturated heterocycles. The zero-order chi connectivity index (χ0) is 22.9. The number of hydrogen-bond acceptors (Lipinski definition) is 5. The van der Waals surface area contributed by atoms with Crippen LogP contribution in [-0.4, -0.2) is 55.0 Å². The van der Waals surface area contributed by atoms with Gasteiger partial charge in [-0.3, -0.25) is 9.79 Å². The number of nitrogens with one attached hydrogen (secondary N) is 2. The Morgan fingerprint density at radius 1 is 1.06 bits per heavy atom. The summed E-state index contributed by atoms with van der Waals surface area (Å²) in [4.78, 5) is 20.5. The monoisotopic (exact) mass is 436 g/mol. The number of likely N-dealkylation sites (tertiary alicyclic amines) is 1. The van der Waals surface area contributed by atoms with Gasteiger partial charge in [-0.1, -0.05) is 12.1 Å². The van der Waals surface area contributed by atoms with Crippen LogP contribution in [0.3, 0.4) is 0 Å². The number of amidine groups is 1. The average Bonchev–Trinajstić information content (AvgIpc) is 2.78. The van der Waals surface area contributed by atoms with Gasteiger partial charge in [-0.15, -0.1) is 0 Å². The Hall–Kier alpha value is -3.22. The second kappa shape index (κ2) is 8.37. The van der Waals surface area contributed by atoms with Crippen molar-refractivity contribution in [3.05, 3.63) is 48.0 Å². The summed E-state index contributed by atoms with van der Waals surface area (Å²) < 4.78 is 10.7. The number of anilines is 2. The highest BCUT2D eigenvalue weighted by Crippen LogP contribution is 2.37. The Labute approximate surface area is 189 Å². The molecular formula is C25H32N4O3. The molecule has 32 heavy (non-hydrogen) atoms.